The van der Waals surface area contributed by atoms with Crippen molar-refractivity contribution in [2.45, 2.75) is 57.2 Å². The molecule has 3 rings (SSSR count). The molecule has 2 heterocycles. The number of hydrogen-bond acceptors (Lipinski definition) is 4. The first-order valence-electron chi connectivity index (χ1n) is 8.50. The number of amides is 1. The molecule has 0 bridgehead atoms. The van der Waals surface area contributed by atoms with Crippen LogP contribution in [-0.4, -0.2) is 55.2 Å². The van der Waals surface area contributed by atoms with Crippen molar-refractivity contribution >= 4 is 5.91 Å². The van der Waals surface area contributed by atoms with Crippen LogP contribution in [0.2, 0.25) is 0 Å². The van der Waals surface area contributed by atoms with Gasteiger partial charge in [-0.1, -0.05) is 6.92 Å². The maximum absolute atomic E-state index is 12.3. The number of nitrogens with zero attached hydrogens (tertiary/aromatic N) is 1. The van der Waals surface area contributed by atoms with Gasteiger partial charge in [-0.25, -0.2) is 0 Å². The minimum absolute atomic E-state index is 0.0897. The van der Waals surface area contributed by atoms with Crippen LogP contribution in [-0.2, 0) is 9.53 Å². The van der Waals surface area contributed by atoms with E-state index in [1.165, 1.54) is 19.4 Å². The van der Waals surface area contributed by atoms with E-state index in [1.807, 2.05) is 0 Å². The van der Waals surface area contributed by atoms with Crippen LogP contribution in [0.1, 0.15) is 39.0 Å². The van der Waals surface area contributed by atoms with Gasteiger partial charge in [0.25, 0.3) is 0 Å². The predicted octanol–water partition coefficient (Wildman–Crippen LogP) is 0.729. The summed E-state index contributed by atoms with van der Waals surface area (Å²) in [5.41, 5.74) is 6.04. The smallest absolute Gasteiger partial charge is 0.223 e. The highest BCUT2D eigenvalue weighted by atomic mass is 16.5. The van der Waals surface area contributed by atoms with Gasteiger partial charge in [0.15, 0.2) is 0 Å². The Kier molecular flexibility index (Phi) is 4.82. The number of rotatable bonds is 3. The Bertz CT molecular complexity index is 367. The first kappa shape index (κ1) is 15.3. The molecule has 3 aliphatic rings. The molecule has 5 heteroatoms. The molecule has 2 saturated heterocycles. The molecule has 1 amide bonds. The third-order valence-corrected chi connectivity index (χ3v) is 5.32. The zero-order valence-corrected chi connectivity index (χ0v) is 13.1. The van der Waals surface area contributed by atoms with Crippen LogP contribution >= 0.6 is 0 Å². The van der Waals surface area contributed by atoms with Crippen LogP contribution < -0.4 is 11.1 Å². The van der Waals surface area contributed by atoms with Crippen molar-refractivity contribution in [3.63, 3.8) is 0 Å². The van der Waals surface area contributed by atoms with E-state index in [-0.39, 0.29) is 24.0 Å². The molecular weight excluding hydrogens is 266 g/mol. The fourth-order valence-corrected chi connectivity index (χ4v) is 4.24. The summed E-state index contributed by atoms with van der Waals surface area (Å²) in [6, 6.07) is 0.801. The molecule has 0 aromatic carbocycles. The maximum Gasteiger partial charge on any atom is 0.223 e. The molecule has 0 spiro atoms. The Balaban J connectivity index is 1.43. The molecule has 0 aromatic heterocycles. The Labute approximate surface area is 127 Å². The van der Waals surface area contributed by atoms with E-state index < -0.39 is 0 Å². The third-order valence-electron chi connectivity index (χ3n) is 5.32. The first-order chi connectivity index (χ1) is 10.1. The number of carbonyl (C=O) groups excluding carboxylic acids is 1. The van der Waals surface area contributed by atoms with Crippen LogP contribution in [0.4, 0.5) is 0 Å². The van der Waals surface area contributed by atoms with Gasteiger partial charge in [-0.2, -0.15) is 0 Å². The highest BCUT2D eigenvalue weighted by Gasteiger charge is 2.33. The lowest BCUT2D eigenvalue weighted by atomic mass is 9.79. The largest absolute Gasteiger partial charge is 0.373 e. The van der Waals surface area contributed by atoms with Gasteiger partial charge < -0.3 is 15.8 Å². The van der Waals surface area contributed by atoms with E-state index in [2.05, 4.69) is 17.1 Å². The summed E-state index contributed by atoms with van der Waals surface area (Å²) in [4.78, 5) is 14.8. The van der Waals surface area contributed by atoms with Crippen molar-refractivity contribution in [1.29, 1.82) is 0 Å². The van der Waals surface area contributed by atoms with Crippen LogP contribution in [0.3, 0.4) is 0 Å². The predicted molar refractivity (Wildman–Crippen MR) is 81.8 cm³/mol. The fourth-order valence-electron chi connectivity index (χ4n) is 4.24. The minimum atomic E-state index is 0.0897. The van der Waals surface area contributed by atoms with E-state index in [9.17, 15) is 4.79 Å². The highest BCUT2D eigenvalue weighted by molar-refractivity contribution is 5.78. The van der Waals surface area contributed by atoms with E-state index >= 15 is 0 Å². The lowest BCUT2D eigenvalue weighted by Gasteiger charge is -2.36. The standard InChI is InChI=1S/C16H29N3O2/c1-11-5-12(7-13(17)6-11)16(20)18-8-15-9-19-4-2-3-14(19)10-21-15/h11-15H,2-10,17H2,1H3,(H,18,20). The van der Waals surface area contributed by atoms with Gasteiger partial charge in [0.05, 0.1) is 12.7 Å². The Morgan fingerprint density at radius 1 is 1.38 bits per heavy atom. The van der Waals surface area contributed by atoms with E-state index in [1.54, 1.807) is 0 Å². The van der Waals surface area contributed by atoms with Crippen molar-refractivity contribution < 1.29 is 9.53 Å². The molecular formula is C16H29N3O2. The van der Waals surface area contributed by atoms with E-state index in [4.69, 9.17) is 10.5 Å². The molecule has 120 valence electrons. The average molecular weight is 295 g/mol. The molecule has 1 saturated carbocycles. The van der Waals surface area contributed by atoms with E-state index in [0.29, 0.717) is 18.5 Å². The average Bonchev–Trinajstić information content (AvgIpc) is 2.91. The lowest BCUT2D eigenvalue weighted by Crippen LogP contribution is -2.51. The van der Waals surface area contributed by atoms with Gasteiger partial charge in [-0.15, -0.1) is 0 Å². The van der Waals surface area contributed by atoms with Crippen LogP contribution in [0.5, 0.6) is 0 Å². The molecule has 2 aliphatic heterocycles. The summed E-state index contributed by atoms with van der Waals surface area (Å²) in [5, 5.41) is 3.10. The summed E-state index contributed by atoms with van der Waals surface area (Å²) in [6.45, 7) is 5.81. The molecule has 3 N–H and O–H groups in total. The van der Waals surface area contributed by atoms with Crippen molar-refractivity contribution in [1.82, 2.24) is 10.2 Å². The Morgan fingerprint density at radius 2 is 2.24 bits per heavy atom. The number of morpholine rings is 1. The van der Waals surface area contributed by atoms with Gasteiger partial charge in [-0.05, 0) is 44.6 Å². The zero-order valence-electron chi connectivity index (χ0n) is 13.1. The monoisotopic (exact) mass is 295 g/mol. The first-order valence-corrected chi connectivity index (χ1v) is 8.50. The summed E-state index contributed by atoms with van der Waals surface area (Å²) < 4.78 is 5.89. The number of nitrogens with two attached hydrogens (primary N) is 1. The molecule has 5 nitrogen and oxygen atoms in total. The van der Waals surface area contributed by atoms with Crippen LogP contribution in [0.25, 0.3) is 0 Å². The SMILES string of the molecule is CC1CC(N)CC(C(=O)NCC2CN3CCCC3CO2)C1. The van der Waals surface area contributed by atoms with Crippen molar-refractivity contribution in [2.24, 2.45) is 17.6 Å². The fraction of sp³-hybridized carbons (Fsp3) is 0.938. The Morgan fingerprint density at radius 3 is 3.05 bits per heavy atom. The topological polar surface area (TPSA) is 67.6 Å². The number of carbonyl (C=O) groups is 1. The lowest BCUT2D eigenvalue weighted by molar-refractivity contribution is -0.128. The molecule has 0 aromatic rings. The van der Waals surface area contributed by atoms with Crippen LogP contribution in [0.15, 0.2) is 0 Å². The Hall–Kier alpha value is -0.650. The van der Waals surface area contributed by atoms with Gasteiger partial charge in [-0.3, -0.25) is 9.69 Å². The van der Waals surface area contributed by atoms with E-state index in [0.717, 1.165) is 32.4 Å². The van der Waals surface area contributed by atoms with Crippen molar-refractivity contribution in [3.8, 4) is 0 Å². The molecule has 5 atom stereocenters. The normalized spacial score (nSPS) is 40.8. The summed E-state index contributed by atoms with van der Waals surface area (Å²) in [6.07, 6.45) is 5.54. The van der Waals surface area contributed by atoms with Crippen molar-refractivity contribution in [3.05, 3.63) is 0 Å². The summed E-state index contributed by atoms with van der Waals surface area (Å²) >= 11 is 0. The second kappa shape index (κ2) is 6.63. The van der Waals surface area contributed by atoms with Crippen LogP contribution in [0, 0.1) is 11.8 Å². The molecule has 1 aliphatic carbocycles. The third kappa shape index (κ3) is 3.76. The minimum Gasteiger partial charge on any atom is -0.373 e. The van der Waals surface area contributed by atoms with Gasteiger partial charge in [0.2, 0.25) is 5.91 Å². The second-order valence-electron chi connectivity index (χ2n) is 7.26. The molecule has 3 fully saturated rings. The number of ether oxygens (including phenoxy) is 1. The number of nitrogens with one attached hydrogen (secondary N) is 1. The van der Waals surface area contributed by atoms with Gasteiger partial charge >= 0.3 is 0 Å². The summed E-state index contributed by atoms with van der Waals surface area (Å²) in [7, 11) is 0. The molecule has 0 radical (unpaired) electrons. The van der Waals surface area contributed by atoms with Gasteiger partial charge in [0.1, 0.15) is 0 Å². The highest BCUT2D eigenvalue weighted by Crippen LogP contribution is 2.28. The van der Waals surface area contributed by atoms with Crippen molar-refractivity contribution in [2.75, 3.05) is 26.2 Å². The maximum atomic E-state index is 12.3. The number of fused-ring (bicyclic) bond motifs is 1. The number of hydrogen-bond donors (Lipinski definition) is 2. The summed E-state index contributed by atoms with van der Waals surface area (Å²) in [5.74, 6) is 0.816. The zero-order chi connectivity index (χ0) is 14.8. The quantitative estimate of drug-likeness (QED) is 0.805. The second-order valence-corrected chi connectivity index (χ2v) is 7.26. The molecule has 21 heavy (non-hydrogen) atoms. The molecule has 5 unspecified atom stereocenters. The van der Waals surface area contributed by atoms with Gasteiger partial charge in [0, 0.05) is 31.1 Å².